The predicted octanol–water partition coefficient (Wildman–Crippen LogP) is 16.0. The normalized spacial score (nSPS) is 11.7. The van der Waals surface area contributed by atoms with Crippen molar-refractivity contribution >= 4 is 81.7 Å². The Labute approximate surface area is 332 Å². The predicted molar refractivity (Wildman–Crippen MR) is 247 cm³/mol. The Bertz CT molecular complexity index is 3140. The van der Waals surface area contributed by atoms with Crippen molar-refractivity contribution in [2.24, 2.45) is 0 Å². The van der Waals surface area contributed by atoms with Gasteiger partial charge in [-0.05, 0) is 120 Å². The molecule has 11 aromatic carbocycles. The van der Waals surface area contributed by atoms with Crippen molar-refractivity contribution in [2.75, 3.05) is 4.90 Å². The second-order valence-electron chi connectivity index (χ2n) is 15.4. The standard InChI is InChI=1S/C56H39N/c1-36-27-31-40(32-28-36)57(41-33-29-37(2)30-34-41)56-50-25-13-11-23-48(50)55(49-24-12-14-26-51(49)56)54-46-21-9-7-19-44(46)53(45-20-8-10-22-47(45)54)52-42-17-5-3-15-38(42)35-39-16-4-6-18-43(39)52/h3-35H,1-2H3. The zero-order valence-corrected chi connectivity index (χ0v) is 32.0. The van der Waals surface area contributed by atoms with E-state index in [9.17, 15) is 0 Å². The lowest BCUT2D eigenvalue weighted by atomic mass is 9.81. The Balaban J connectivity index is 1.30. The molecule has 0 saturated heterocycles. The molecule has 11 aromatic rings. The maximum Gasteiger partial charge on any atom is 0.0618 e. The van der Waals surface area contributed by atoms with Gasteiger partial charge in [-0.25, -0.2) is 0 Å². The molecule has 1 heteroatoms. The van der Waals surface area contributed by atoms with Crippen LogP contribution in [-0.4, -0.2) is 0 Å². The quantitative estimate of drug-likeness (QED) is 0.160. The minimum atomic E-state index is 1.13. The average Bonchev–Trinajstić information content (AvgIpc) is 3.26. The molecule has 0 amide bonds. The molecule has 268 valence electrons. The van der Waals surface area contributed by atoms with E-state index in [-0.39, 0.29) is 0 Å². The fraction of sp³-hybridized carbons (Fsp3) is 0.0357. The Morgan fingerprint density at radius 2 is 0.526 bits per heavy atom. The summed E-state index contributed by atoms with van der Waals surface area (Å²) in [5.41, 5.74) is 11.0. The third kappa shape index (κ3) is 5.24. The minimum Gasteiger partial charge on any atom is -0.309 e. The van der Waals surface area contributed by atoms with Crippen molar-refractivity contribution in [3.05, 3.63) is 211 Å². The lowest BCUT2D eigenvalue weighted by Gasteiger charge is -2.30. The van der Waals surface area contributed by atoms with Crippen molar-refractivity contribution in [3.8, 4) is 22.3 Å². The van der Waals surface area contributed by atoms with E-state index in [4.69, 9.17) is 0 Å². The van der Waals surface area contributed by atoms with Gasteiger partial charge in [0.1, 0.15) is 0 Å². The second kappa shape index (κ2) is 13.2. The molecule has 0 N–H and O–H groups in total. The average molecular weight is 726 g/mol. The van der Waals surface area contributed by atoms with Crippen molar-refractivity contribution in [3.63, 3.8) is 0 Å². The number of anilines is 3. The fourth-order valence-corrected chi connectivity index (χ4v) is 9.36. The molecule has 0 radical (unpaired) electrons. The fourth-order valence-electron chi connectivity index (χ4n) is 9.36. The third-order valence-corrected chi connectivity index (χ3v) is 11.9. The summed E-state index contributed by atoms with van der Waals surface area (Å²) >= 11 is 0. The Hall–Kier alpha value is -7.22. The summed E-state index contributed by atoms with van der Waals surface area (Å²) in [6, 6.07) is 74.2. The molecule has 57 heavy (non-hydrogen) atoms. The summed E-state index contributed by atoms with van der Waals surface area (Å²) in [5, 5.41) is 14.9. The van der Waals surface area contributed by atoms with Crippen LogP contribution in [0.4, 0.5) is 17.1 Å². The third-order valence-electron chi connectivity index (χ3n) is 11.9. The molecule has 1 nitrogen and oxygen atoms in total. The highest BCUT2D eigenvalue weighted by Gasteiger charge is 2.26. The minimum absolute atomic E-state index is 1.13. The van der Waals surface area contributed by atoms with Crippen LogP contribution in [0.1, 0.15) is 11.1 Å². The lowest BCUT2D eigenvalue weighted by molar-refractivity contribution is 1.29. The van der Waals surface area contributed by atoms with Crippen LogP contribution in [0.15, 0.2) is 200 Å². The number of nitrogens with zero attached hydrogens (tertiary/aromatic N) is 1. The van der Waals surface area contributed by atoms with E-state index in [1.807, 2.05) is 0 Å². The van der Waals surface area contributed by atoms with Crippen LogP contribution in [0.25, 0.3) is 86.9 Å². The summed E-state index contributed by atoms with van der Waals surface area (Å²) in [5.74, 6) is 0. The van der Waals surface area contributed by atoms with Crippen LogP contribution in [0.5, 0.6) is 0 Å². The first-order valence-corrected chi connectivity index (χ1v) is 19.9. The van der Waals surface area contributed by atoms with E-state index in [0.717, 1.165) is 11.4 Å². The summed E-state index contributed by atoms with van der Waals surface area (Å²) < 4.78 is 0. The molecule has 0 bridgehead atoms. The molecule has 0 heterocycles. The Morgan fingerprint density at radius 1 is 0.263 bits per heavy atom. The highest BCUT2D eigenvalue weighted by Crippen LogP contribution is 2.53. The van der Waals surface area contributed by atoms with Gasteiger partial charge in [-0.3, -0.25) is 0 Å². The summed E-state index contributed by atoms with van der Waals surface area (Å²) in [7, 11) is 0. The van der Waals surface area contributed by atoms with Crippen molar-refractivity contribution in [1.29, 1.82) is 0 Å². The van der Waals surface area contributed by atoms with Gasteiger partial charge in [-0.2, -0.15) is 0 Å². The second-order valence-corrected chi connectivity index (χ2v) is 15.4. The number of hydrogen-bond acceptors (Lipinski definition) is 1. The van der Waals surface area contributed by atoms with E-state index in [2.05, 4.69) is 219 Å². The van der Waals surface area contributed by atoms with Crippen LogP contribution in [0.2, 0.25) is 0 Å². The van der Waals surface area contributed by atoms with Crippen molar-refractivity contribution in [1.82, 2.24) is 0 Å². The number of hydrogen-bond donors (Lipinski definition) is 0. The largest absolute Gasteiger partial charge is 0.309 e. The maximum absolute atomic E-state index is 2.46. The van der Waals surface area contributed by atoms with Crippen LogP contribution < -0.4 is 4.90 Å². The summed E-state index contributed by atoms with van der Waals surface area (Å²) in [6.07, 6.45) is 0. The topological polar surface area (TPSA) is 3.24 Å². The summed E-state index contributed by atoms with van der Waals surface area (Å²) in [4.78, 5) is 2.46. The Kier molecular flexibility index (Phi) is 7.69. The molecule has 0 saturated carbocycles. The molecule has 0 unspecified atom stereocenters. The number of rotatable bonds is 5. The van der Waals surface area contributed by atoms with Crippen LogP contribution >= 0.6 is 0 Å². The molecule has 0 spiro atoms. The van der Waals surface area contributed by atoms with Gasteiger partial charge < -0.3 is 4.90 Å². The first kappa shape index (κ1) is 33.1. The van der Waals surface area contributed by atoms with Crippen LogP contribution in [-0.2, 0) is 0 Å². The van der Waals surface area contributed by atoms with E-state index in [1.54, 1.807) is 0 Å². The SMILES string of the molecule is Cc1ccc(N(c2ccc(C)cc2)c2c3ccccc3c(-c3c4ccccc4c(-c4c5ccccc5cc5ccccc45)c4ccccc34)c3ccccc23)cc1. The van der Waals surface area contributed by atoms with Gasteiger partial charge in [0.15, 0.2) is 0 Å². The molecule has 11 rings (SSSR count). The maximum atomic E-state index is 2.46. The molecule has 0 fully saturated rings. The van der Waals surface area contributed by atoms with Crippen LogP contribution in [0, 0.1) is 13.8 Å². The molecule has 0 atom stereocenters. The molecule has 0 aliphatic carbocycles. The molecule has 0 aromatic heterocycles. The summed E-state index contributed by atoms with van der Waals surface area (Å²) in [6.45, 7) is 4.31. The zero-order chi connectivity index (χ0) is 38.0. The Morgan fingerprint density at radius 3 is 0.877 bits per heavy atom. The van der Waals surface area contributed by atoms with E-state index in [1.165, 1.54) is 104 Å². The highest BCUT2D eigenvalue weighted by molar-refractivity contribution is 6.32. The van der Waals surface area contributed by atoms with E-state index >= 15 is 0 Å². The molecular weight excluding hydrogens is 687 g/mol. The number of aryl methyl sites for hydroxylation is 2. The van der Waals surface area contributed by atoms with Crippen molar-refractivity contribution in [2.45, 2.75) is 13.8 Å². The van der Waals surface area contributed by atoms with Gasteiger partial charge in [0.25, 0.3) is 0 Å². The lowest BCUT2D eigenvalue weighted by Crippen LogP contribution is -2.11. The first-order valence-electron chi connectivity index (χ1n) is 19.9. The van der Waals surface area contributed by atoms with Crippen molar-refractivity contribution < 1.29 is 0 Å². The molecule has 0 aliphatic rings. The number of fused-ring (bicyclic) bond motifs is 6. The smallest absolute Gasteiger partial charge is 0.0618 e. The van der Waals surface area contributed by atoms with E-state index < -0.39 is 0 Å². The van der Waals surface area contributed by atoms with Gasteiger partial charge in [0.05, 0.1) is 5.69 Å². The van der Waals surface area contributed by atoms with Gasteiger partial charge in [-0.1, -0.05) is 181 Å². The van der Waals surface area contributed by atoms with Gasteiger partial charge in [0.2, 0.25) is 0 Å². The van der Waals surface area contributed by atoms with E-state index in [0.29, 0.717) is 0 Å². The zero-order valence-electron chi connectivity index (χ0n) is 32.0. The monoisotopic (exact) mass is 725 g/mol. The van der Waals surface area contributed by atoms with Gasteiger partial charge in [-0.15, -0.1) is 0 Å². The molecule has 0 aliphatic heterocycles. The van der Waals surface area contributed by atoms with Gasteiger partial charge >= 0.3 is 0 Å². The van der Waals surface area contributed by atoms with Crippen LogP contribution in [0.3, 0.4) is 0 Å². The first-order chi connectivity index (χ1) is 28.1. The van der Waals surface area contributed by atoms with Gasteiger partial charge in [0, 0.05) is 22.1 Å². The molecular formula is C56H39N. The highest BCUT2D eigenvalue weighted by atomic mass is 15.1. The number of benzene rings is 11.